The maximum Gasteiger partial charge on any atom is 0.239 e. The fraction of sp³-hybridized carbons (Fsp3) is 0.364. The van der Waals surface area contributed by atoms with E-state index in [4.69, 9.17) is 10.5 Å². The van der Waals surface area contributed by atoms with Crippen molar-refractivity contribution in [2.45, 2.75) is 39.6 Å². The summed E-state index contributed by atoms with van der Waals surface area (Å²) in [6, 6.07) is 17.2. The minimum absolute atomic E-state index is 0.0193. The number of ether oxygens (including phenoxy) is 1. The van der Waals surface area contributed by atoms with Gasteiger partial charge in [-0.1, -0.05) is 68.4 Å². The monoisotopic (exact) mass is 383 g/mol. The van der Waals surface area contributed by atoms with Crippen LogP contribution in [0.1, 0.15) is 30.5 Å². The van der Waals surface area contributed by atoms with Crippen LogP contribution in [0, 0.1) is 5.92 Å². The summed E-state index contributed by atoms with van der Waals surface area (Å²) in [6.07, 6.45) is 0. The highest BCUT2D eigenvalue weighted by Gasteiger charge is 2.17. The number of carbonyl (C=O) groups is 2. The summed E-state index contributed by atoms with van der Waals surface area (Å²) in [6.45, 7) is 4.99. The maximum atomic E-state index is 12.0. The lowest BCUT2D eigenvalue weighted by Gasteiger charge is -2.15. The fourth-order valence-corrected chi connectivity index (χ4v) is 2.57. The molecule has 0 saturated carbocycles. The van der Waals surface area contributed by atoms with E-state index in [1.54, 1.807) is 0 Å². The van der Waals surface area contributed by atoms with Gasteiger partial charge in [-0.3, -0.25) is 9.59 Å². The molecule has 0 unspecified atom stereocenters. The second-order valence-electron chi connectivity index (χ2n) is 7.01. The average Bonchev–Trinajstić information content (AvgIpc) is 2.71. The Balaban J connectivity index is 1.79. The lowest BCUT2D eigenvalue weighted by Crippen LogP contribution is -2.47. The summed E-state index contributed by atoms with van der Waals surface area (Å²) in [5.41, 5.74) is 8.88. The van der Waals surface area contributed by atoms with E-state index in [0.29, 0.717) is 19.8 Å². The second-order valence-corrected chi connectivity index (χ2v) is 7.01. The molecule has 1 atom stereocenters. The van der Waals surface area contributed by atoms with Gasteiger partial charge in [-0.15, -0.1) is 0 Å². The van der Waals surface area contributed by atoms with E-state index in [0.717, 1.165) is 16.7 Å². The van der Waals surface area contributed by atoms with Crippen molar-refractivity contribution in [3.05, 3.63) is 71.3 Å². The van der Waals surface area contributed by atoms with Gasteiger partial charge in [0.1, 0.15) is 0 Å². The van der Waals surface area contributed by atoms with E-state index < -0.39 is 6.04 Å². The number of carbonyl (C=O) groups excluding carboxylic acids is 2. The molecule has 2 aromatic rings. The van der Waals surface area contributed by atoms with E-state index in [2.05, 4.69) is 10.6 Å². The van der Waals surface area contributed by atoms with Crippen molar-refractivity contribution in [1.29, 1.82) is 0 Å². The number of nitrogens with one attached hydrogen (secondary N) is 2. The normalized spacial score (nSPS) is 11.9. The zero-order chi connectivity index (χ0) is 20.4. The number of nitrogens with two attached hydrogens (primary N) is 1. The van der Waals surface area contributed by atoms with Gasteiger partial charge in [0.25, 0.3) is 0 Å². The summed E-state index contributed by atoms with van der Waals surface area (Å²) >= 11 is 0. The molecule has 0 spiro atoms. The van der Waals surface area contributed by atoms with Gasteiger partial charge >= 0.3 is 0 Å². The Bertz CT molecular complexity index is 763. The number of benzene rings is 2. The topological polar surface area (TPSA) is 93.5 Å². The van der Waals surface area contributed by atoms with Crippen molar-refractivity contribution >= 4 is 11.8 Å². The molecule has 0 fully saturated rings. The van der Waals surface area contributed by atoms with Crippen LogP contribution in [-0.4, -0.2) is 24.4 Å². The van der Waals surface area contributed by atoms with Crippen LogP contribution in [0.5, 0.6) is 0 Å². The van der Waals surface area contributed by atoms with Crippen molar-refractivity contribution < 1.29 is 14.3 Å². The summed E-state index contributed by atoms with van der Waals surface area (Å²) in [4.78, 5) is 23.8. The number of amides is 2. The lowest BCUT2D eigenvalue weighted by atomic mass is 10.1. The number of hydrogen-bond acceptors (Lipinski definition) is 4. The minimum atomic E-state index is -0.615. The zero-order valence-corrected chi connectivity index (χ0v) is 16.5. The molecule has 0 saturated heterocycles. The Morgan fingerprint density at radius 3 is 2.25 bits per heavy atom. The standard InChI is InChI=1S/C22H29N3O3/c1-16(2)21(23)22(27)25-13-20(26)24-12-18-10-6-7-11-19(18)15-28-14-17-8-4-3-5-9-17/h3-11,16,21H,12-15,23H2,1-2H3,(H,24,26)(H,25,27)/t21-/m0/s1. The molecule has 0 heterocycles. The molecular weight excluding hydrogens is 354 g/mol. The highest BCUT2D eigenvalue weighted by atomic mass is 16.5. The predicted molar refractivity (Wildman–Crippen MR) is 109 cm³/mol. The average molecular weight is 383 g/mol. The second kappa shape index (κ2) is 11.2. The first-order valence-corrected chi connectivity index (χ1v) is 9.45. The SMILES string of the molecule is CC(C)[C@H](N)C(=O)NCC(=O)NCc1ccccc1COCc1ccccc1. The quantitative estimate of drug-likeness (QED) is 0.586. The Kier molecular flexibility index (Phi) is 8.65. The Morgan fingerprint density at radius 2 is 1.57 bits per heavy atom. The molecule has 4 N–H and O–H groups in total. The van der Waals surface area contributed by atoms with Crippen LogP contribution in [0.3, 0.4) is 0 Å². The van der Waals surface area contributed by atoms with Crippen LogP contribution < -0.4 is 16.4 Å². The minimum Gasteiger partial charge on any atom is -0.372 e. The smallest absolute Gasteiger partial charge is 0.239 e. The van der Waals surface area contributed by atoms with Crippen LogP contribution >= 0.6 is 0 Å². The summed E-state index contributed by atoms with van der Waals surface area (Å²) in [5, 5.41) is 5.39. The van der Waals surface area contributed by atoms with Gasteiger partial charge in [0.15, 0.2) is 0 Å². The molecule has 0 aliphatic heterocycles. The third kappa shape index (κ3) is 7.13. The highest BCUT2D eigenvalue weighted by Crippen LogP contribution is 2.11. The summed E-state index contributed by atoms with van der Waals surface area (Å²) in [7, 11) is 0. The van der Waals surface area contributed by atoms with Crippen molar-refractivity contribution in [2.24, 2.45) is 11.7 Å². The molecule has 0 bridgehead atoms. The van der Waals surface area contributed by atoms with Gasteiger partial charge in [0, 0.05) is 6.54 Å². The first kappa shape index (κ1) is 21.6. The fourth-order valence-electron chi connectivity index (χ4n) is 2.57. The number of hydrogen-bond donors (Lipinski definition) is 3. The molecule has 0 aliphatic carbocycles. The summed E-state index contributed by atoms with van der Waals surface area (Å²) < 4.78 is 5.80. The van der Waals surface area contributed by atoms with Crippen LogP contribution in [-0.2, 0) is 34.1 Å². The Hall–Kier alpha value is -2.70. The van der Waals surface area contributed by atoms with Crippen LogP contribution in [0.25, 0.3) is 0 Å². The van der Waals surface area contributed by atoms with E-state index >= 15 is 0 Å². The predicted octanol–water partition coefficient (Wildman–Crippen LogP) is 2.12. The molecule has 2 aromatic carbocycles. The third-order valence-corrected chi connectivity index (χ3v) is 4.41. The van der Waals surface area contributed by atoms with Crippen molar-refractivity contribution in [2.75, 3.05) is 6.54 Å². The third-order valence-electron chi connectivity index (χ3n) is 4.41. The van der Waals surface area contributed by atoms with Crippen LogP contribution in [0.15, 0.2) is 54.6 Å². The molecule has 2 amide bonds. The van der Waals surface area contributed by atoms with Gasteiger partial charge < -0.3 is 21.1 Å². The molecule has 0 radical (unpaired) electrons. The van der Waals surface area contributed by atoms with Gasteiger partial charge in [-0.2, -0.15) is 0 Å². The van der Waals surface area contributed by atoms with Gasteiger partial charge in [0.2, 0.25) is 11.8 Å². The molecule has 6 nitrogen and oxygen atoms in total. The molecule has 6 heteroatoms. The largest absolute Gasteiger partial charge is 0.372 e. The Morgan fingerprint density at radius 1 is 0.929 bits per heavy atom. The maximum absolute atomic E-state index is 12.0. The van der Waals surface area contributed by atoms with Gasteiger partial charge in [-0.05, 0) is 22.6 Å². The molecule has 2 rings (SSSR count). The first-order chi connectivity index (χ1) is 13.5. The van der Waals surface area contributed by atoms with Gasteiger partial charge in [-0.25, -0.2) is 0 Å². The van der Waals surface area contributed by atoms with Crippen molar-refractivity contribution in [1.82, 2.24) is 10.6 Å². The van der Waals surface area contributed by atoms with E-state index in [1.807, 2.05) is 68.4 Å². The Labute approximate surface area is 166 Å². The van der Waals surface area contributed by atoms with E-state index in [1.165, 1.54) is 0 Å². The molecule has 0 aromatic heterocycles. The molecule has 150 valence electrons. The highest BCUT2D eigenvalue weighted by molar-refractivity contribution is 5.87. The zero-order valence-electron chi connectivity index (χ0n) is 16.5. The van der Waals surface area contributed by atoms with Crippen LogP contribution in [0.4, 0.5) is 0 Å². The summed E-state index contributed by atoms with van der Waals surface area (Å²) in [5.74, 6) is -0.560. The molecule has 28 heavy (non-hydrogen) atoms. The van der Waals surface area contributed by atoms with E-state index in [9.17, 15) is 9.59 Å². The van der Waals surface area contributed by atoms with Crippen molar-refractivity contribution in [3.8, 4) is 0 Å². The van der Waals surface area contributed by atoms with E-state index in [-0.39, 0.29) is 24.3 Å². The van der Waals surface area contributed by atoms with Gasteiger partial charge in [0.05, 0.1) is 25.8 Å². The van der Waals surface area contributed by atoms with Crippen molar-refractivity contribution in [3.63, 3.8) is 0 Å². The first-order valence-electron chi connectivity index (χ1n) is 9.45. The van der Waals surface area contributed by atoms with Crippen LogP contribution in [0.2, 0.25) is 0 Å². The molecular formula is C22H29N3O3. The number of rotatable bonds is 10. The lowest BCUT2D eigenvalue weighted by molar-refractivity contribution is -0.127. The molecule has 0 aliphatic rings.